The van der Waals surface area contributed by atoms with Crippen LogP contribution >= 0.6 is 24.8 Å². The van der Waals surface area contributed by atoms with Gasteiger partial charge in [0.05, 0.1) is 0 Å². The van der Waals surface area contributed by atoms with Crippen LogP contribution in [0.4, 0.5) is 0 Å². The van der Waals surface area contributed by atoms with Crippen LogP contribution in [0, 0.1) is 5.92 Å². The Bertz CT molecular complexity index is 122. The molecular formula is C7H16Cl2N2. The zero-order valence-corrected chi connectivity index (χ0v) is 8.14. The van der Waals surface area contributed by atoms with Crippen molar-refractivity contribution in [1.29, 1.82) is 0 Å². The van der Waals surface area contributed by atoms with E-state index in [1.807, 2.05) is 0 Å². The average molecular weight is 199 g/mol. The van der Waals surface area contributed by atoms with E-state index in [0.29, 0.717) is 0 Å². The van der Waals surface area contributed by atoms with E-state index in [2.05, 4.69) is 5.32 Å². The third kappa shape index (κ3) is 2.79. The number of rotatable bonds is 2. The molecule has 1 aliphatic carbocycles. The van der Waals surface area contributed by atoms with E-state index < -0.39 is 0 Å². The summed E-state index contributed by atoms with van der Waals surface area (Å²) in [5.41, 5.74) is 6.21. The molecule has 4 heteroatoms. The van der Waals surface area contributed by atoms with E-state index in [1.54, 1.807) is 0 Å². The maximum Gasteiger partial charge on any atom is 0.0159 e. The standard InChI is InChI=1S/C7H14N2.2ClH/c8-7(1-2-7)3-6-4-9-5-6;;/h6,9H,1-5,8H2;2*1H. The largest absolute Gasteiger partial charge is 0.325 e. The van der Waals surface area contributed by atoms with Crippen molar-refractivity contribution >= 4 is 24.8 Å². The van der Waals surface area contributed by atoms with Gasteiger partial charge in [-0.2, -0.15) is 0 Å². The summed E-state index contributed by atoms with van der Waals surface area (Å²) in [6, 6.07) is 0. The Balaban J connectivity index is 0.000000500. The van der Waals surface area contributed by atoms with Gasteiger partial charge in [0.25, 0.3) is 0 Å². The predicted molar refractivity (Wildman–Crippen MR) is 51.6 cm³/mol. The van der Waals surface area contributed by atoms with Crippen molar-refractivity contribution in [3.8, 4) is 0 Å². The molecule has 0 spiro atoms. The fraction of sp³-hybridized carbons (Fsp3) is 1.00. The van der Waals surface area contributed by atoms with Crippen molar-refractivity contribution in [3.63, 3.8) is 0 Å². The second-order valence-corrected chi connectivity index (χ2v) is 3.59. The molecular weight excluding hydrogens is 183 g/mol. The molecule has 1 aliphatic heterocycles. The Morgan fingerprint density at radius 2 is 1.82 bits per heavy atom. The smallest absolute Gasteiger partial charge is 0.0159 e. The van der Waals surface area contributed by atoms with Gasteiger partial charge >= 0.3 is 0 Å². The maximum atomic E-state index is 5.93. The monoisotopic (exact) mass is 198 g/mol. The molecule has 3 N–H and O–H groups in total. The van der Waals surface area contributed by atoms with E-state index in [1.165, 1.54) is 32.4 Å². The number of halogens is 2. The molecule has 2 rings (SSSR count). The first-order chi connectivity index (χ1) is 4.29. The Morgan fingerprint density at radius 3 is 2.09 bits per heavy atom. The fourth-order valence-electron chi connectivity index (χ4n) is 1.43. The van der Waals surface area contributed by atoms with Gasteiger partial charge in [-0.15, -0.1) is 24.8 Å². The van der Waals surface area contributed by atoms with E-state index in [9.17, 15) is 0 Å². The SMILES string of the molecule is Cl.Cl.NC1(CC2CNC2)CC1. The minimum absolute atomic E-state index is 0. The molecule has 2 nitrogen and oxygen atoms in total. The molecule has 0 bridgehead atoms. The third-order valence-electron chi connectivity index (χ3n) is 2.45. The Hall–Kier alpha value is 0.500. The molecule has 2 aliphatic rings. The van der Waals surface area contributed by atoms with Crippen LogP contribution in [0.25, 0.3) is 0 Å². The second-order valence-electron chi connectivity index (χ2n) is 3.59. The van der Waals surface area contributed by atoms with Gasteiger partial charge in [-0.25, -0.2) is 0 Å². The van der Waals surface area contributed by atoms with Crippen molar-refractivity contribution < 1.29 is 0 Å². The van der Waals surface area contributed by atoms with Gasteiger partial charge in [0.1, 0.15) is 0 Å². The molecule has 0 unspecified atom stereocenters. The highest BCUT2D eigenvalue weighted by molar-refractivity contribution is 5.85. The minimum atomic E-state index is 0. The molecule has 1 saturated heterocycles. The average Bonchev–Trinajstić information content (AvgIpc) is 2.39. The molecule has 0 amide bonds. The lowest BCUT2D eigenvalue weighted by Gasteiger charge is -2.29. The first-order valence-corrected chi connectivity index (χ1v) is 3.78. The normalized spacial score (nSPS) is 25.9. The third-order valence-corrected chi connectivity index (χ3v) is 2.45. The number of nitrogens with one attached hydrogen (secondary N) is 1. The molecule has 0 radical (unpaired) electrons. The zero-order valence-electron chi connectivity index (χ0n) is 6.51. The number of hydrogen-bond acceptors (Lipinski definition) is 2. The van der Waals surface area contributed by atoms with Crippen molar-refractivity contribution in [2.75, 3.05) is 13.1 Å². The summed E-state index contributed by atoms with van der Waals surface area (Å²) in [6.45, 7) is 2.41. The summed E-state index contributed by atoms with van der Waals surface area (Å²) in [6.07, 6.45) is 3.80. The molecule has 2 fully saturated rings. The van der Waals surface area contributed by atoms with Crippen LogP contribution < -0.4 is 11.1 Å². The lowest BCUT2D eigenvalue weighted by atomic mass is 9.94. The first kappa shape index (κ1) is 11.5. The van der Waals surface area contributed by atoms with E-state index in [0.717, 1.165) is 5.92 Å². The summed E-state index contributed by atoms with van der Waals surface area (Å²) >= 11 is 0. The van der Waals surface area contributed by atoms with Crippen LogP contribution in [-0.4, -0.2) is 18.6 Å². The van der Waals surface area contributed by atoms with Crippen LogP contribution in [0.15, 0.2) is 0 Å². The molecule has 0 atom stereocenters. The molecule has 68 valence electrons. The lowest BCUT2D eigenvalue weighted by molar-refractivity contribution is 0.299. The second kappa shape index (κ2) is 3.94. The molecule has 11 heavy (non-hydrogen) atoms. The number of hydrogen-bond donors (Lipinski definition) is 2. The molecule has 0 aromatic heterocycles. The van der Waals surface area contributed by atoms with E-state index >= 15 is 0 Å². The molecule has 1 saturated carbocycles. The molecule has 1 heterocycles. The molecule has 0 aromatic carbocycles. The highest BCUT2D eigenvalue weighted by Crippen LogP contribution is 2.38. The first-order valence-electron chi connectivity index (χ1n) is 3.78. The summed E-state index contributed by atoms with van der Waals surface area (Å²) in [7, 11) is 0. The fourth-order valence-corrected chi connectivity index (χ4v) is 1.43. The van der Waals surface area contributed by atoms with Crippen molar-refractivity contribution in [3.05, 3.63) is 0 Å². The van der Waals surface area contributed by atoms with Gasteiger partial charge in [-0.1, -0.05) is 0 Å². The van der Waals surface area contributed by atoms with E-state index in [4.69, 9.17) is 5.73 Å². The summed E-state index contributed by atoms with van der Waals surface area (Å²) in [4.78, 5) is 0. The van der Waals surface area contributed by atoms with Crippen molar-refractivity contribution in [2.45, 2.75) is 24.8 Å². The number of nitrogens with two attached hydrogens (primary N) is 1. The van der Waals surface area contributed by atoms with Crippen LogP contribution in [0.3, 0.4) is 0 Å². The van der Waals surface area contributed by atoms with Crippen molar-refractivity contribution in [2.24, 2.45) is 11.7 Å². The van der Waals surface area contributed by atoms with Gasteiger partial charge < -0.3 is 11.1 Å². The summed E-state index contributed by atoms with van der Waals surface area (Å²) in [5.74, 6) is 0.900. The van der Waals surface area contributed by atoms with Gasteiger partial charge in [-0.05, 0) is 38.3 Å². The lowest BCUT2D eigenvalue weighted by Crippen LogP contribution is -2.45. The highest BCUT2D eigenvalue weighted by atomic mass is 35.5. The Morgan fingerprint density at radius 1 is 1.27 bits per heavy atom. The maximum absolute atomic E-state index is 5.93. The van der Waals surface area contributed by atoms with Gasteiger partial charge in [-0.3, -0.25) is 0 Å². The minimum Gasteiger partial charge on any atom is -0.325 e. The molecule has 0 aromatic rings. The van der Waals surface area contributed by atoms with Gasteiger partial charge in [0.15, 0.2) is 0 Å². The van der Waals surface area contributed by atoms with Gasteiger partial charge in [0.2, 0.25) is 0 Å². The van der Waals surface area contributed by atoms with Crippen LogP contribution in [0.5, 0.6) is 0 Å². The van der Waals surface area contributed by atoms with Crippen LogP contribution in [0.1, 0.15) is 19.3 Å². The topological polar surface area (TPSA) is 38.0 Å². The quantitative estimate of drug-likeness (QED) is 0.694. The van der Waals surface area contributed by atoms with Gasteiger partial charge in [0, 0.05) is 5.54 Å². The van der Waals surface area contributed by atoms with Crippen LogP contribution in [-0.2, 0) is 0 Å². The Labute approximate surface area is 80.1 Å². The summed E-state index contributed by atoms with van der Waals surface area (Å²) < 4.78 is 0. The highest BCUT2D eigenvalue weighted by Gasteiger charge is 2.40. The predicted octanol–water partition coefficient (Wildman–Crippen LogP) is 0.931. The van der Waals surface area contributed by atoms with Crippen LogP contribution in [0.2, 0.25) is 0 Å². The van der Waals surface area contributed by atoms with E-state index in [-0.39, 0.29) is 30.4 Å². The zero-order chi connectivity index (χ0) is 6.32. The van der Waals surface area contributed by atoms with Crippen molar-refractivity contribution in [1.82, 2.24) is 5.32 Å². The summed E-state index contributed by atoms with van der Waals surface area (Å²) in [5, 5.41) is 3.26. The Kier molecular flexibility index (Phi) is 4.12.